The molecule has 3 aromatic rings. The summed E-state index contributed by atoms with van der Waals surface area (Å²) < 4.78 is 5.21. The van der Waals surface area contributed by atoms with Gasteiger partial charge < -0.3 is 19.5 Å². The number of carbonyl (C=O) groups excluding carboxylic acids is 3. The summed E-state index contributed by atoms with van der Waals surface area (Å²) >= 11 is 1.52. The average molecular weight is 452 g/mol. The van der Waals surface area contributed by atoms with Gasteiger partial charge in [0.2, 0.25) is 17.7 Å². The Morgan fingerprint density at radius 3 is 2.62 bits per heavy atom. The highest BCUT2D eigenvalue weighted by Crippen LogP contribution is 2.43. The molecule has 0 bridgehead atoms. The van der Waals surface area contributed by atoms with Crippen LogP contribution < -0.4 is 10.2 Å². The zero-order valence-electron chi connectivity index (χ0n) is 18.0. The van der Waals surface area contributed by atoms with Gasteiger partial charge in [-0.2, -0.15) is 0 Å². The van der Waals surface area contributed by atoms with Gasteiger partial charge in [-0.3, -0.25) is 14.4 Å². The second-order valence-corrected chi connectivity index (χ2v) is 8.90. The van der Waals surface area contributed by atoms with Crippen molar-refractivity contribution in [2.75, 3.05) is 18.5 Å². The molecule has 1 aliphatic rings. The number of hydrogen-bond acceptors (Lipinski definition) is 5. The van der Waals surface area contributed by atoms with Crippen LogP contribution in [-0.2, 0) is 20.9 Å². The molecule has 1 aromatic carbocycles. The summed E-state index contributed by atoms with van der Waals surface area (Å²) in [5, 5.41) is 4.69. The third kappa shape index (κ3) is 4.60. The molecule has 1 saturated heterocycles. The Hall–Kier alpha value is -3.39. The van der Waals surface area contributed by atoms with E-state index >= 15 is 0 Å². The van der Waals surface area contributed by atoms with E-state index < -0.39 is 12.0 Å². The maximum atomic E-state index is 13.3. The van der Waals surface area contributed by atoms with Crippen LogP contribution in [0.5, 0.6) is 0 Å². The molecule has 0 aliphatic carbocycles. The lowest BCUT2D eigenvalue weighted by Gasteiger charge is -2.29. The van der Waals surface area contributed by atoms with Gasteiger partial charge in [0.15, 0.2) is 0 Å². The summed E-state index contributed by atoms with van der Waals surface area (Å²) in [6.45, 7) is 2.16. The lowest BCUT2D eigenvalue weighted by atomic mass is 9.97. The highest BCUT2D eigenvalue weighted by molar-refractivity contribution is 7.10. The lowest BCUT2D eigenvalue weighted by Crippen LogP contribution is -2.42. The summed E-state index contributed by atoms with van der Waals surface area (Å²) in [5.74, 6) is -0.532. The standard InChI is InChI=1S/C24H25N3O4S/c1-16-7-9-17(10-8-16)27-22(29)13-19(23(27)20-6-4-12-32-20)24(30)26(2)15-21(28)25-14-18-5-3-11-31-18/h3-12,19,23H,13-15H2,1-2H3,(H,25,28). The second-order valence-electron chi connectivity index (χ2n) is 7.92. The zero-order valence-corrected chi connectivity index (χ0v) is 18.8. The van der Waals surface area contributed by atoms with Crippen LogP contribution in [0.15, 0.2) is 64.6 Å². The van der Waals surface area contributed by atoms with Gasteiger partial charge in [0.05, 0.1) is 31.3 Å². The smallest absolute Gasteiger partial charge is 0.239 e. The molecule has 2 unspecified atom stereocenters. The number of aryl methyl sites for hydroxylation is 1. The summed E-state index contributed by atoms with van der Waals surface area (Å²) in [6.07, 6.45) is 1.65. The maximum Gasteiger partial charge on any atom is 0.239 e. The van der Waals surface area contributed by atoms with Crippen molar-refractivity contribution in [2.24, 2.45) is 5.92 Å². The van der Waals surface area contributed by atoms with Crippen LogP contribution >= 0.6 is 11.3 Å². The SMILES string of the molecule is Cc1ccc(N2C(=O)CC(C(=O)N(C)CC(=O)NCc3ccco3)C2c2cccs2)cc1. The minimum absolute atomic E-state index is 0.0913. The fourth-order valence-corrected chi connectivity index (χ4v) is 4.86. The summed E-state index contributed by atoms with van der Waals surface area (Å²) in [4.78, 5) is 42.8. The van der Waals surface area contributed by atoms with Crippen molar-refractivity contribution >= 4 is 34.7 Å². The molecule has 3 amide bonds. The minimum atomic E-state index is -0.565. The summed E-state index contributed by atoms with van der Waals surface area (Å²) in [6, 6.07) is 14.7. The van der Waals surface area contributed by atoms with E-state index in [0.717, 1.165) is 16.1 Å². The van der Waals surface area contributed by atoms with Crippen LogP contribution in [0.2, 0.25) is 0 Å². The van der Waals surface area contributed by atoms with Gasteiger partial charge in [-0.1, -0.05) is 23.8 Å². The van der Waals surface area contributed by atoms with Gasteiger partial charge in [-0.05, 0) is 42.6 Å². The fourth-order valence-electron chi connectivity index (χ4n) is 3.98. The molecule has 3 heterocycles. The first-order valence-corrected chi connectivity index (χ1v) is 11.3. The van der Waals surface area contributed by atoms with Crippen molar-refractivity contribution in [3.05, 3.63) is 76.4 Å². The maximum absolute atomic E-state index is 13.3. The van der Waals surface area contributed by atoms with Crippen LogP contribution in [0.1, 0.15) is 28.7 Å². The topological polar surface area (TPSA) is 82.9 Å². The minimum Gasteiger partial charge on any atom is -0.467 e. The molecule has 32 heavy (non-hydrogen) atoms. The second kappa shape index (κ2) is 9.40. The number of nitrogens with zero attached hydrogens (tertiary/aromatic N) is 2. The number of rotatable bonds is 7. The van der Waals surface area contributed by atoms with Crippen LogP contribution in [-0.4, -0.2) is 36.2 Å². The molecule has 1 fully saturated rings. The average Bonchev–Trinajstić information content (AvgIpc) is 3.53. The number of amides is 3. The fraction of sp³-hybridized carbons (Fsp3) is 0.292. The van der Waals surface area contributed by atoms with Crippen LogP contribution in [0.4, 0.5) is 5.69 Å². The number of anilines is 1. The van der Waals surface area contributed by atoms with E-state index in [9.17, 15) is 14.4 Å². The zero-order chi connectivity index (χ0) is 22.7. The van der Waals surface area contributed by atoms with Crippen molar-refractivity contribution in [3.8, 4) is 0 Å². The molecular formula is C24H25N3O4S. The van der Waals surface area contributed by atoms with E-state index in [4.69, 9.17) is 4.42 Å². The molecule has 7 nitrogen and oxygen atoms in total. The number of likely N-dealkylation sites (N-methyl/N-ethyl adjacent to an activating group) is 1. The van der Waals surface area contributed by atoms with Crippen molar-refractivity contribution in [2.45, 2.75) is 25.9 Å². The van der Waals surface area contributed by atoms with Gasteiger partial charge in [0.1, 0.15) is 5.76 Å². The van der Waals surface area contributed by atoms with Crippen molar-refractivity contribution in [1.82, 2.24) is 10.2 Å². The first-order valence-electron chi connectivity index (χ1n) is 10.4. The molecule has 4 rings (SSSR count). The molecular weight excluding hydrogens is 426 g/mol. The summed E-state index contributed by atoms with van der Waals surface area (Å²) in [5.41, 5.74) is 1.87. The van der Waals surface area contributed by atoms with E-state index in [-0.39, 0.29) is 37.2 Å². The quantitative estimate of drug-likeness (QED) is 0.596. The molecule has 0 radical (unpaired) electrons. The Balaban J connectivity index is 1.50. The molecule has 8 heteroatoms. The lowest BCUT2D eigenvalue weighted by molar-refractivity contribution is -0.138. The molecule has 166 valence electrons. The predicted octanol–water partition coefficient (Wildman–Crippen LogP) is 3.52. The van der Waals surface area contributed by atoms with E-state index in [1.165, 1.54) is 16.2 Å². The first kappa shape index (κ1) is 21.8. The van der Waals surface area contributed by atoms with Gasteiger partial charge in [0.25, 0.3) is 0 Å². The first-order chi connectivity index (χ1) is 15.4. The Labute approximate surface area is 190 Å². The number of nitrogens with one attached hydrogen (secondary N) is 1. The van der Waals surface area contributed by atoms with Crippen LogP contribution in [0.25, 0.3) is 0 Å². The van der Waals surface area contributed by atoms with Gasteiger partial charge >= 0.3 is 0 Å². The number of furan rings is 1. The van der Waals surface area contributed by atoms with Crippen LogP contribution in [0, 0.1) is 12.8 Å². The van der Waals surface area contributed by atoms with Crippen molar-refractivity contribution in [3.63, 3.8) is 0 Å². The highest BCUT2D eigenvalue weighted by atomic mass is 32.1. The molecule has 2 aromatic heterocycles. The molecule has 0 saturated carbocycles. The van der Waals surface area contributed by atoms with Gasteiger partial charge in [-0.25, -0.2) is 0 Å². The third-order valence-electron chi connectivity index (χ3n) is 5.58. The van der Waals surface area contributed by atoms with E-state index in [0.29, 0.717) is 5.76 Å². The Morgan fingerprint density at radius 2 is 1.97 bits per heavy atom. The Morgan fingerprint density at radius 1 is 1.19 bits per heavy atom. The number of thiophene rings is 1. The molecule has 1 N–H and O–H groups in total. The monoisotopic (exact) mass is 451 g/mol. The van der Waals surface area contributed by atoms with E-state index in [1.807, 2.05) is 48.7 Å². The van der Waals surface area contributed by atoms with E-state index in [2.05, 4.69) is 5.32 Å². The predicted molar refractivity (Wildman–Crippen MR) is 122 cm³/mol. The number of benzene rings is 1. The van der Waals surface area contributed by atoms with Gasteiger partial charge in [0, 0.05) is 24.0 Å². The Kier molecular flexibility index (Phi) is 6.41. The van der Waals surface area contributed by atoms with E-state index in [1.54, 1.807) is 30.3 Å². The highest BCUT2D eigenvalue weighted by Gasteiger charge is 2.46. The number of carbonyl (C=O) groups is 3. The van der Waals surface area contributed by atoms with Gasteiger partial charge in [-0.15, -0.1) is 11.3 Å². The summed E-state index contributed by atoms with van der Waals surface area (Å²) in [7, 11) is 1.60. The largest absolute Gasteiger partial charge is 0.467 e. The molecule has 0 spiro atoms. The Bertz CT molecular complexity index is 1080. The molecule has 2 atom stereocenters. The van der Waals surface area contributed by atoms with Crippen molar-refractivity contribution in [1.29, 1.82) is 0 Å². The third-order valence-corrected chi connectivity index (χ3v) is 6.53. The molecule has 1 aliphatic heterocycles. The normalized spacial score (nSPS) is 18.1. The van der Waals surface area contributed by atoms with Crippen LogP contribution in [0.3, 0.4) is 0 Å². The number of hydrogen-bond donors (Lipinski definition) is 1. The van der Waals surface area contributed by atoms with Crippen molar-refractivity contribution < 1.29 is 18.8 Å².